The Morgan fingerprint density at radius 2 is 1.93 bits per heavy atom. The SMILES string of the molecule is CC(=O)c1ccc(C)c2c1CC(C)C2. The number of rotatable bonds is 1. The summed E-state index contributed by atoms with van der Waals surface area (Å²) in [6.07, 6.45) is 2.22. The van der Waals surface area contributed by atoms with Crippen molar-refractivity contribution in [3.8, 4) is 0 Å². The van der Waals surface area contributed by atoms with Gasteiger partial charge < -0.3 is 0 Å². The lowest BCUT2D eigenvalue weighted by molar-refractivity contribution is 0.101. The number of aryl methyl sites for hydroxylation is 1. The first-order valence-electron chi connectivity index (χ1n) is 5.22. The molecule has 2 rings (SSSR count). The highest BCUT2D eigenvalue weighted by Gasteiger charge is 2.23. The van der Waals surface area contributed by atoms with E-state index < -0.39 is 0 Å². The highest BCUT2D eigenvalue weighted by atomic mass is 16.1. The lowest BCUT2D eigenvalue weighted by atomic mass is 9.97. The van der Waals surface area contributed by atoms with E-state index in [0.717, 1.165) is 18.4 Å². The van der Waals surface area contributed by atoms with Gasteiger partial charge in [0, 0.05) is 5.56 Å². The molecule has 0 bridgehead atoms. The Labute approximate surface area is 85.1 Å². The number of Topliss-reactive ketones (excluding diaryl/α,β-unsaturated/α-hetero) is 1. The molecule has 1 unspecified atom stereocenters. The fourth-order valence-electron chi connectivity index (χ4n) is 2.43. The molecular weight excluding hydrogens is 172 g/mol. The van der Waals surface area contributed by atoms with Crippen LogP contribution in [0.2, 0.25) is 0 Å². The molecule has 1 aliphatic carbocycles. The number of carbonyl (C=O) groups is 1. The quantitative estimate of drug-likeness (QED) is 0.619. The van der Waals surface area contributed by atoms with Crippen molar-refractivity contribution >= 4 is 5.78 Å². The van der Waals surface area contributed by atoms with Crippen LogP contribution in [0.1, 0.15) is 40.9 Å². The maximum atomic E-state index is 11.4. The van der Waals surface area contributed by atoms with E-state index >= 15 is 0 Å². The molecule has 1 aromatic rings. The topological polar surface area (TPSA) is 17.1 Å². The van der Waals surface area contributed by atoms with Gasteiger partial charge in [0.25, 0.3) is 0 Å². The van der Waals surface area contributed by atoms with E-state index in [1.807, 2.05) is 6.07 Å². The monoisotopic (exact) mass is 188 g/mol. The van der Waals surface area contributed by atoms with Crippen molar-refractivity contribution < 1.29 is 4.79 Å². The zero-order chi connectivity index (χ0) is 10.3. The van der Waals surface area contributed by atoms with Gasteiger partial charge in [-0.25, -0.2) is 0 Å². The first-order chi connectivity index (χ1) is 6.59. The van der Waals surface area contributed by atoms with Crippen LogP contribution in [0.4, 0.5) is 0 Å². The van der Waals surface area contributed by atoms with Crippen LogP contribution in [-0.2, 0) is 12.8 Å². The minimum atomic E-state index is 0.204. The molecule has 1 nitrogen and oxygen atoms in total. The smallest absolute Gasteiger partial charge is 0.160 e. The molecule has 1 aromatic carbocycles. The Bertz CT molecular complexity index is 390. The van der Waals surface area contributed by atoms with Gasteiger partial charge >= 0.3 is 0 Å². The molecule has 1 atom stereocenters. The van der Waals surface area contributed by atoms with Crippen LogP contribution in [0.5, 0.6) is 0 Å². The van der Waals surface area contributed by atoms with Crippen molar-refractivity contribution in [3.63, 3.8) is 0 Å². The van der Waals surface area contributed by atoms with E-state index in [4.69, 9.17) is 0 Å². The van der Waals surface area contributed by atoms with Gasteiger partial charge in [0.15, 0.2) is 5.78 Å². The van der Waals surface area contributed by atoms with E-state index in [1.165, 1.54) is 16.7 Å². The molecule has 0 amide bonds. The zero-order valence-electron chi connectivity index (χ0n) is 9.05. The zero-order valence-corrected chi connectivity index (χ0v) is 9.05. The third-order valence-electron chi connectivity index (χ3n) is 3.15. The van der Waals surface area contributed by atoms with Crippen molar-refractivity contribution in [1.82, 2.24) is 0 Å². The van der Waals surface area contributed by atoms with Crippen LogP contribution in [0.15, 0.2) is 12.1 Å². The molecule has 14 heavy (non-hydrogen) atoms. The molecule has 0 N–H and O–H groups in total. The normalized spacial score (nSPS) is 19.5. The number of fused-ring (bicyclic) bond motifs is 1. The van der Waals surface area contributed by atoms with Crippen LogP contribution in [-0.4, -0.2) is 5.78 Å². The lowest BCUT2D eigenvalue weighted by Crippen LogP contribution is -2.00. The van der Waals surface area contributed by atoms with Crippen LogP contribution in [0.25, 0.3) is 0 Å². The summed E-state index contributed by atoms with van der Waals surface area (Å²) in [6, 6.07) is 4.06. The molecule has 0 aliphatic heterocycles. The largest absolute Gasteiger partial charge is 0.295 e. The third kappa shape index (κ3) is 1.37. The molecular formula is C13H16O. The maximum Gasteiger partial charge on any atom is 0.160 e. The predicted molar refractivity (Wildman–Crippen MR) is 57.8 cm³/mol. The summed E-state index contributed by atoms with van der Waals surface area (Å²) in [7, 11) is 0. The molecule has 1 aliphatic rings. The lowest BCUT2D eigenvalue weighted by Gasteiger charge is -2.07. The van der Waals surface area contributed by atoms with E-state index in [2.05, 4.69) is 19.9 Å². The maximum absolute atomic E-state index is 11.4. The first kappa shape index (κ1) is 9.45. The van der Waals surface area contributed by atoms with E-state index in [1.54, 1.807) is 6.92 Å². The average Bonchev–Trinajstić information content (AvgIpc) is 2.47. The Hall–Kier alpha value is -1.11. The summed E-state index contributed by atoms with van der Waals surface area (Å²) >= 11 is 0. The van der Waals surface area contributed by atoms with Crippen molar-refractivity contribution in [3.05, 3.63) is 34.4 Å². The minimum Gasteiger partial charge on any atom is -0.295 e. The van der Waals surface area contributed by atoms with E-state index in [-0.39, 0.29) is 5.78 Å². The van der Waals surface area contributed by atoms with Gasteiger partial charge in [0.1, 0.15) is 0 Å². The number of hydrogen-bond acceptors (Lipinski definition) is 1. The van der Waals surface area contributed by atoms with Gasteiger partial charge in [0.05, 0.1) is 0 Å². The van der Waals surface area contributed by atoms with Gasteiger partial charge in [-0.1, -0.05) is 19.1 Å². The molecule has 0 saturated heterocycles. The van der Waals surface area contributed by atoms with Crippen LogP contribution >= 0.6 is 0 Å². The molecule has 0 spiro atoms. The Morgan fingerprint density at radius 3 is 2.57 bits per heavy atom. The fraction of sp³-hybridized carbons (Fsp3) is 0.462. The van der Waals surface area contributed by atoms with Crippen molar-refractivity contribution in [2.75, 3.05) is 0 Å². The minimum absolute atomic E-state index is 0.204. The van der Waals surface area contributed by atoms with Crippen LogP contribution in [0.3, 0.4) is 0 Å². The molecule has 0 fully saturated rings. The Morgan fingerprint density at radius 1 is 1.29 bits per heavy atom. The number of ketones is 1. The second kappa shape index (κ2) is 3.23. The first-order valence-corrected chi connectivity index (χ1v) is 5.22. The molecule has 1 heteroatoms. The summed E-state index contributed by atoms with van der Waals surface area (Å²) in [6.45, 7) is 6.05. The van der Waals surface area contributed by atoms with Crippen molar-refractivity contribution in [1.29, 1.82) is 0 Å². The summed E-state index contributed by atoms with van der Waals surface area (Å²) in [5, 5.41) is 0. The van der Waals surface area contributed by atoms with Crippen LogP contribution < -0.4 is 0 Å². The summed E-state index contributed by atoms with van der Waals surface area (Å²) < 4.78 is 0. The Balaban J connectivity index is 2.59. The summed E-state index contributed by atoms with van der Waals surface area (Å²) in [5.41, 5.74) is 5.01. The van der Waals surface area contributed by atoms with Crippen molar-refractivity contribution in [2.24, 2.45) is 5.92 Å². The number of benzene rings is 1. The molecule has 0 radical (unpaired) electrons. The molecule has 0 aromatic heterocycles. The number of hydrogen-bond donors (Lipinski definition) is 0. The van der Waals surface area contributed by atoms with Gasteiger partial charge in [-0.05, 0) is 49.3 Å². The Kier molecular flexibility index (Phi) is 2.18. The molecule has 0 saturated carbocycles. The summed E-state index contributed by atoms with van der Waals surface area (Å²) in [5.74, 6) is 0.902. The second-order valence-corrected chi connectivity index (χ2v) is 4.46. The van der Waals surface area contributed by atoms with E-state index in [0.29, 0.717) is 5.92 Å². The van der Waals surface area contributed by atoms with Gasteiger partial charge in [0.2, 0.25) is 0 Å². The predicted octanol–water partition coefficient (Wildman–Crippen LogP) is 2.93. The van der Waals surface area contributed by atoms with Crippen molar-refractivity contribution in [2.45, 2.75) is 33.6 Å². The second-order valence-electron chi connectivity index (χ2n) is 4.46. The molecule has 0 heterocycles. The van der Waals surface area contributed by atoms with Gasteiger partial charge in [-0.3, -0.25) is 4.79 Å². The molecule has 74 valence electrons. The number of carbonyl (C=O) groups excluding carboxylic acids is 1. The van der Waals surface area contributed by atoms with E-state index in [9.17, 15) is 4.79 Å². The van der Waals surface area contributed by atoms with Gasteiger partial charge in [-0.2, -0.15) is 0 Å². The summed E-state index contributed by atoms with van der Waals surface area (Å²) in [4.78, 5) is 11.4. The average molecular weight is 188 g/mol. The highest BCUT2D eigenvalue weighted by molar-refractivity contribution is 5.96. The standard InChI is InChI=1S/C13H16O/c1-8-6-12-9(2)4-5-11(10(3)14)13(12)7-8/h4-5,8H,6-7H2,1-3H3. The third-order valence-corrected chi connectivity index (χ3v) is 3.15. The van der Waals surface area contributed by atoms with Crippen LogP contribution in [0, 0.1) is 12.8 Å². The fourth-order valence-corrected chi connectivity index (χ4v) is 2.43. The van der Waals surface area contributed by atoms with Gasteiger partial charge in [-0.15, -0.1) is 0 Å². The highest BCUT2D eigenvalue weighted by Crippen LogP contribution is 2.31.